The topological polar surface area (TPSA) is 305 Å². The van der Waals surface area contributed by atoms with Crippen molar-refractivity contribution in [3.8, 4) is 22.5 Å². The molecule has 1 aromatic heterocycles. The summed E-state index contributed by atoms with van der Waals surface area (Å²) in [6.07, 6.45) is 1.53. The minimum Gasteiger partial charge on any atom is -0.478 e. The first kappa shape index (κ1) is 69.3. The normalized spacial score (nSPS) is 14.1. The number of amides is 6. The van der Waals surface area contributed by atoms with Gasteiger partial charge in [-0.1, -0.05) is 159 Å². The highest BCUT2D eigenvalue weighted by Gasteiger charge is 2.42. The Morgan fingerprint density at radius 2 is 1.40 bits per heavy atom. The quantitative estimate of drug-likeness (QED) is 0.0136. The highest BCUT2D eigenvalue weighted by Crippen LogP contribution is 2.40. The van der Waals surface area contributed by atoms with Crippen molar-refractivity contribution in [2.24, 2.45) is 28.9 Å². The maximum absolute atomic E-state index is 14.3. The Balaban J connectivity index is 1.04. The monoisotopic (exact) mass is 1220 g/mol. The number of likely N-dealkylation sites (N-methyl/N-ethyl adjacent to an activating group) is 2. The van der Waals surface area contributed by atoms with Gasteiger partial charge in [0.2, 0.25) is 23.6 Å². The van der Waals surface area contributed by atoms with Gasteiger partial charge in [0.05, 0.1) is 36.8 Å². The number of aromatic amines is 1. The number of carboxylic acid groups (broad SMARTS) is 1. The molecule has 1 aliphatic heterocycles. The molecule has 0 radical (unpaired) electrons. The van der Waals surface area contributed by atoms with E-state index in [4.69, 9.17) is 10.5 Å². The van der Waals surface area contributed by atoms with Gasteiger partial charge in [0, 0.05) is 67.3 Å². The maximum atomic E-state index is 14.3. The number of carboxylic acids is 1. The number of nitrogens with one attached hydrogen (secondary N) is 5. The van der Waals surface area contributed by atoms with Gasteiger partial charge in [-0.3, -0.25) is 33.6 Å². The third-order valence-electron chi connectivity index (χ3n) is 16.5. The van der Waals surface area contributed by atoms with Crippen LogP contribution in [0.5, 0.6) is 0 Å². The van der Waals surface area contributed by atoms with Crippen LogP contribution in [-0.2, 0) is 74.5 Å². The zero-order valence-electron chi connectivity index (χ0n) is 53.3. The molecule has 89 heavy (non-hydrogen) atoms. The van der Waals surface area contributed by atoms with Crippen molar-refractivity contribution in [1.29, 1.82) is 0 Å². The van der Waals surface area contributed by atoms with Crippen LogP contribution in [0.25, 0.3) is 22.5 Å². The van der Waals surface area contributed by atoms with E-state index in [-0.39, 0.29) is 99.0 Å². The number of hydrogen-bond donors (Lipinski definition) is 7. The molecule has 5 atom stereocenters. The van der Waals surface area contributed by atoms with E-state index in [0.29, 0.717) is 45.7 Å². The number of aromatic nitrogens is 3. The molecule has 1 unspecified atom stereocenters. The molecule has 6 amide bonds. The van der Waals surface area contributed by atoms with Crippen LogP contribution in [0.2, 0.25) is 0 Å². The standard InChI is InChI=1S/C68H88N10O11/c1-40(2)51(37-48(79)30-31-56(81)78-38-46-20-13-14-22-49(46)58-59(75-76-74-58)50-23-15-16-25-53(50)78)62(83)72-52(24-18-32-71-66(69)88)55(80)35-43-26-28-44(29-27-43)39-89-57(82)36-45-19-17-21-47(34-45)68(9,10)60(70-11)63(84)73-61(67(6,7)8)64(85)77(12)54(41(3)4)33-42(5)65(86)87/h13-17,19-23,25-29,33-34,40-41,51-52,54,60-61,70H,18,24,30-32,35-39H2,1-12H3,(H,72,83)(H,73,84)(H,86,87)(H3,69,71,88)(H,74,75,76)/b42-33+/t51?,52-,54+,60+,61+/m0/s1. The number of rotatable bonds is 29. The number of nitrogens with two attached hydrogens (primary N) is 1. The molecule has 5 aromatic rings. The number of H-pyrrole nitrogens is 1. The molecule has 6 rings (SSSR count). The number of carbonyl (C=O) groups excluding carboxylic acids is 8. The Morgan fingerprint density at radius 1 is 0.764 bits per heavy atom. The second-order valence-corrected chi connectivity index (χ2v) is 25.3. The van der Waals surface area contributed by atoms with Crippen molar-refractivity contribution in [2.75, 3.05) is 25.5 Å². The number of anilines is 1. The number of ketones is 2. The van der Waals surface area contributed by atoms with Gasteiger partial charge in [-0.25, -0.2) is 9.59 Å². The summed E-state index contributed by atoms with van der Waals surface area (Å²) in [5.74, 6) is -4.96. The molecule has 1 aliphatic rings. The number of fused-ring (bicyclic) bond motifs is 5. The van der Waals surface area contributed by atoms with E-state index in [1.165, 1.54) is 11.8 Å². The van der Waals surface area contributed by atoms with Crippen molar-refractivity contribution in [3.05, 3.63) is 137 Å². The van der Waals surface area contributed by atoms with Crippen molar-refractivity contribution in [3.63, 3.8) is 0 Å². The molecular formula is C68H88N10O11. The first-order valence-electron chi connectivity index (χ1n) is 30.3. The zero-order chi connectivity index (χ0) is 65.5. The Labute approximate surface area is 521 Å². The summed E-state index contributed by atoms with van der Waals surface area (Å²) in [4.78, 5) is 124. The second kappa shape index (κ2) is 30.9. The molecule has 476 valence electrons. The smallest absolute Gasteiger partial charge is 0.331 e. The van der Waals surface area contributed by atoms with Gasteiger partial charge in [0.25, 0.3) is 0 Å². The third-order valence-corrected chi connectivity index (χ3v) is 16.5. The minimum absolute atomic E-state index is 0.0587. The van der Waals surface area contributed by atoms with Crippen LogP contribution in [-0.4, -0.2) is 123 Å². The summed E-state index contributed by atoms with van der Waals surface area (Å²) in [5.41, 5.74) is 10.8. The van der Waals surface area contributed by atoms with Gasteiger partial charge in [-0.05, 0) is 77.9 Å². The number of benzene rings is 4. The third kappa shape index (κ3) is 18.4. The number of Topliss-reactive ketones (excluding diaryl/α,β-unsaturated/α-hetero) is 2. The number of aliphatic carboxylic acids is 1. The molecule has 0 saturated carbocycles. The average Bonchev–Trinajstić information content (AvgIpc) is 1.84. The molecule has 0 fully saturated rings. The summed E-state index contributed by atoms with van der Waals surface area (Å²) in [6, 6.07) is 25.3. The lowest BCUT2D eigenvalue weighted by Crippen LogP contribution is -2.61. The van der Waals surface area contributed by atoms with E-state index in [1.807, 2.05) is 123 Å². The molecule has 2 heterocycles. The Kier molecular flexibility index (Phi) is 24.0. The molecular weight excluding hydrogens is 1130 g/mol. The van der Waals surface area contributed by atoms with E-state index >= 15 is 0 Å². The highest BCUT2D eigenvalue weighted by atomic mass is 16.5. The lowest BCUT2D eigenvalue weighted by Gasteiger charge is -2.40. The largest absolute Gasteiger partial charge is 0.478 e. The first-order valence-corrected chi connectivity index (χ1v) is 30.3. The predicted molar refractivity (Wildman–Crippen MR) is 340 cm³/mol. The van der Waals surface area contributed by atoms with Crippen LogP contribution in [0, 0.1) is 23.2 Å². The van der Waals surface area contributed by atoms with Crippen molar-refractivity contribution >= 4 is 58.9 Å². The Morgan fingerprint density at radius 3 is 2.03 bits per heavy atom. The number of esters is 1. The Hall–Kier alpha value is -8.85. The van der Waals surface area contributed by atoms with Crippen LogP contribution in [0.4, 0.5) is 10.5 Å². The molecule has 0 saturated heterocycles. The van der Waals surface area contributed by atoms with Gasteiger partial charge in [-0.2, -0.15) is 15.4 Å². The predicted octanol–water partition coefficient (Wildman–Crippen LogP) is 7.94. The summed E-state index contributed by atoms with van der Waals surface area (Å²) >= 11 is 0. The fourth-order valence-electron chi connectivity index (χ4n) is 11.2. The highest BCUT2D eigenvalue weighted by molar-refractivity contribution is 6.02. The zero-order valence-corrected chi connectivity index (χ0v) is 53.3. The van der Waals surface area contributed by atoms with E-state index in [2.05, 4.69) is 36.7 Å². The van der Waals surface area contributed by atoms with E-state index in [1.54, 1.807) is 61.5 Å². The fraction of sp³-hybridized carbons (Fsp3) is 0.456. The number of para-hydroxylation sites is 1. The number of primary amides is 1. The minimum atomic E-state index is -1.08. The number of hydrogen-bond acceptors (Lipinski definition) is 13. The molecule has 21 heteroatoms. The maximum Gasteiger partial charge on any atom is 0.331 e. The average molecular weight is 1220 g/mol. The summed E-state index contributed by atoms with van der Waals surface area (Å²) < 4.78 is 5.70. The molecule has 0 bridgehead atoms. The Bertz CT molecular complexity index is 3400. The number of carbonyl (C=O) groups is 9. The van der Waals surface area contributed by atoms with Gasteiger partial charge in [-0.15, -0.1) is 0 Å². The summed E-state index contributed by atoms with van der Waals surface area (Å²) in [5, 5.41) is 32.7. The van der Waals surface area contributed by atoms with E-state index in [9.17, 15) is 48.3 Å². The van der Waals surface area contributed by atoms with Crippen molar-refractivity contribution in [2.45, 2.75) is 157 Å². The lowest BCUT2D eigenvalue weighted by molar-refractivity contribution is -0.144. The molecule has 0 aliphatic carbocycles. The van der Waals surface area contributed by atoms with Crippen molar-refractivity contribution < 1.29 is 53.0 Å². The van der Waals surface area contributed by atoms with Gasteiger partial charge in [0.1, 0.15) is 29.8 Å². The van der Waals surface area contributed by atoms with Crippen LogP contribution in [0.15, 0.2) is 109 Å². The van der Waals surface area contributed by atoms with Crippen LogP contribution >= 0.6 is 0 Å². The van der Waals surface area contributed by atoms with Gasteiger partial charge >= 0.3 is 18.0 Å². The molecule has 21 nitrogen and oxygen atoms in total. The van der Waals surface area contributed by atoms with Gasteiger partial charge in [0.15, 0.2) is 5.78 Å². The first-order chi connectivity index (χ1) is 42.0. The van der Waals surface area contributed by atoms with Crippen LogP contribution < -0.4 is 31.9 Å². The van der Waals surface area contributed by atoms with E-state index in [0.717, 1.165) is 16.7 Å². The SMILES string of the molecule is CN[C@H](C(=O)N[C@H](C(=O)N(C)[C@H](/C=C(\C)C(=O)O)C(C)C)C(C)(C)C)C(C)(C)c1cccc(CC(=O)OCc2ccc(CC(=O)[C@H](CCCNC(N)=O)NC(=O)C(CC(=O)CCC(=O)N3Cc4ccccc4-c4n[nH]nc4-c4ccccc43)C(C)C)cc2)c1. The van der Waals surface area contributed by atoms with Crippen molar-refractivity contribution in [1.82, 2.24) is 41.6 Å². The van der Waals surface area contributed by atoms with Crippen LogP contribution in [0.1, 0.15) is 129 Å². The number of urea groups is 1. The fourth-order valence-corrected chi connectivity index (χ4v) is 11.2. The van der Waals surface area contributed by atoms with Crippen LogP contribution in [0.3, 0.4) is 0 Å². The van der Waals surface area contributed by atoms with E-state index < -0.39 is 70.7 Å². The number of nitrogens with zero attached hydrogens (tertiary/aromatic N) is 4. The summed E-state index contributed by atoms with van der Waals surface area (Å²) in [7, 11) is 3.27. The summed E-state index contributed by atoms with van der Waals surface area (Å²) in [6.45, 7) is 18.6. The molecule has 8 N–H and O–H groups in total. The molecule has 0 spiro atoms. The molecule has 4 aromatic carbocycles. The second-order valence-electron chi connectivity index (χ2n) is 25.3. The van der Waals surface area contributed by atoms with Gasteiger partial charge < -0.3 is 46.6 Å². The lowest BCUT2D eigenvalue weighted by atomic mass is 9.76. The number of ether oxygens (including phenoxy) is 1.